The van der Waals surface area contributed by atoms with Crippen LogP contribution in [0, 0.1) is 6.92 Å². The molecule has 0 amide bonds. The molecule has 0 heterocycles. The fourth-order valence-electron chi connectivity index (χ4n) is 0.925. The Hall–Kier alpha value is -0.800. The maximum absolute atomic E-state index is 9.51. The number of hydrogen-bond donors (Lipinski definition) is 2. The molecule has 0 aromatic heterocycles. The molecule has 1 aromatic carbocycles. The molecule has 0 spiro atoms. The first kappa shape index (κ1) is 10.3. The number of thiocarbonyl (C=S) groups is 1. The van der Waals surface area contributed by atoms with Crippen LogP contribution in [0.3, 0.4) is 0 Å². The van der Waals surface area contributed by atoms with E-state index in [-0.39, 0.29) is 5.76 Å². The Morgan fingerprint density at radius 2 is 1.92 bits per heavy atom. The molecule has 0 saturated carbocycles. The van der Waals surface area contributed by atoms with Gasteiger partial charge in [0.2, 0.25) is 0 Å². The second kappa shape index (κ2) is 4.44. The van der Waals surface area contributed by atoms with Crippen molar-refractivity contribution >= 4 is 34.8 Å². The van der Waals surface area contributed by atoms with E-state index < -0.39 is 0 Å². The van der Waals surface area contributed by atoms with Crippen molar-refractivity contribution in [1.29, 1.82) is 0 Å². The van der Waals surface area contributed by atoms with E-state index in [4.69, 9.17) is 12.2 Å². The summed E-state index contributed by atoms with van der Waals surface area (Å²) in [6, 6.07) is 7.54. The van der Waals surface area contributed by atoms with E-state index in [1.54, 1.807) is 0 Å². The van der Waals surface area contributed by atoms with Gasteiger partial charge in [0.1, 0.15) is 5.76 Å². The third-order valence-corrected chi connectivity index (χ3v) is 1.85. The number of aliphatic hydroxyl groups excluding tert-OH is 1. The average Bonchev–Trinajstić information content (AvgIpc) is 2.04. The molecule has 1 rings (SSSR count). The molecule has 0 radical (unpaired) electrons. The van der Waals surface area contributed by atoms with E-state index in [1.807, 2.05) is 31.2 Å². The van der Waals surface area contributed by atoms with Gasteiger partial charge in [-0.3, -0.25) is 0 Å². The molecule has 13 heavy (non-hydrogen) atoms. The Labute approximate surface area is 88.5 Å². The van der Waals surface area contributed by atoms with Crippen molar-refractivity contribution in [3.8, 4) is 0 Å². The Morgan fingerprint density at radius 3 is 2.38 bits per heavy atom. The minimum absolute atomic E-state index is 0.153. The summed E-state index contributed by atoms with van der Waals surface area (Å²) in [5, 5.41) is 9.51. The Bertz CT molecular complexity index is 338. The zero-order valence-corrected chi connectivity index (χ0v) is 8.90. The number of rotatable bonds is 2. The van der Waals surface area contributed by atoms with E-state index in [0.717, 1.165) is 11.1 Å². The lowest BCUT2D eigenvalue weighted by molar-refractivity contribution is 0.512. The number of benzene rings is 1. The van der Waals surface area contributed by atoms with Crippen LogP contribution in [0.1, 0.15) is 11.1 Å². The minimum atomic E-state index is 0.153. The topological polar surface area (TPSA) is 20.2 Å². The standard InChI is InChI=1S/C10H10OS2/c1-7-2-4-8(5-3-7)9(11)6-10(12)13/h2-6,11H,1H3,(H,12,13). The SMILES string of the molecule is Cc1ccc(C(O)=CC(=S)S)cc1. The summed E-state index contributed by atoms with van der Waals surface area (Å²) in [6.45, 7) is 1.99. The van der Waals surface area contributed by atoms with Crippen molar-refractivity contribution in [3.63, 3.8) is 0 Å². The molecule has 0 atom stereocenters. The van der Waals surface area contributed by atoms with E-state index >= 15 is 0 Å². The Kier molecular flexibility index (Phi) is 3.51. The third-order valence-electron chi connectivity index (χ3n) is 1.61. The number of aryl methyl sites for hydroxylation is 1. The number of aliphatic hydroxyl groups is 1. The first-order valence-corrected chi connectivity index (χ1v) is 4.66. The Morgan fingerprint density at radius 1 is 1.38 bits per heavy atom. The van der Waals surface area contributed by atoms with Crippen LogP contribution in [0.4, 0.5) is 0 Å². The Balaban J connectivity index is 2.96. The summed E-state index contributed by atoms with van der Waals surface area (Å²) < 4.78 is 0.373. The average molecular weight is 210 g/mol. The highest BCUT2D eigenvalue weighted by Crippen LogP contribution is 2.12. The molecule has 0 unspecified atom stereocenters. The predicted octanol–water partition coefficient (Wildman–Crippen LogP) is 3.15. The summed E-state index contributed by atoms with van der Waals surface area (Å²) >= 11 is 8.63. The third kappa shape index (κ3) is 3.20. The van der Waals surface area contributed by atoms with Crippen molar-refractivity contribution in [3.05, 3.63) is 41.5 Å². The second-order valence-corrected chi connectivity index (χ2v) is 3.96. The van der Waals surface area contributed by atoms with Gasteiger partial charge in [-0.25, -0.2) is 0 Å². The lowest BCUT2D eigenvalue weighted by atomic mass is 10.1. The van der Waals surface area contributed by atoms with E-state index in [2.05, 4.69) is 12.6 Å². The molecule has 1 nitrogen and oxygen atoms in total. The summed E-state index contributed by atoms with van der Waals surface area (Å²) in [5.41, 5.74) is 1.91. The molecule has 1 N–H and O–H groups in total. The molecule has 0 aliphatic rings. The lowest BCUT2D eigenvalue weighted by Gasteiger charge is -1.99. The smallest absolute Gasteiger partial charge is 0.124 e. The van der Waals surface area contributed by atoms with Crippen molar-refractivity contribution in [2.24, 2.45) is 0 Å². The van der Waals surface area contributed by atoms with Crippen molar-refractivity contribution in [1.82, 2.24) is 0 Å². The highest BCUT2D eigenvalue weighted by molar-refractivity contribution is 8.11. The van der Waals surface area contributed by atoms with Crippen LogP contribution < -0.4 is 0 Å². The van der Waals surface area contributed by atoms with Crippen molar-refractivity contribution in [2.75, 3.05) is 0 Å². The van der Waals surface area contributed by atoms with Gasteiger partial charge in [-0.1, -0.05) is 42.0 Å². The molecular formula is C10H10OS2. The number of hydrogen-bond acceptors (Lipinski definition) is 2. The van der Waals surface area contributed by atoms with Gasteiger partial charge in [-0.15, -0.1) is 12.6 Å². The lowest BCUT2D eigenvalue weighted by Crippen LogP contribution is -1.85. The van der Waals surface area contributed by atoms with Gasteiger partial charge in [-0.05, 0) is 6.92 Å². The van der Waals surface area contributed by atoms with Gasteiger partial charge in [0, 0.05) is 11.6 Å². The van der Waals surface area contributed by atoms with Gasteiger partial charge in [0.15, 0.2) is 0 Å². The first-order valence-electron chi connectivity index (χ1n) is 3.80. The molecule has 0 fully saturated rings. The zero-order chi connectivity index (χ0) is 9.84. The van der Waals surface area contributed by atoms with Crippen LogP contribution in [0.25, 0.3) is 5.76 Å². The second-order valence-electron chi connectivity index (χ2n) is 2.73. The monoisotopic (exact) mass is 210 g/mol. The minimum Gasteiger partial charge on any atom is -0.507 e. The summed E-state index contributed by atoms with van der Waals surface area (Å²) in [5.74, 6) is 0.153. The predicted molar refractivity (Wildman–Crippen MR) is 63.4 cm³/mol. The molecular weight excluding hydrogens is 200 g/mol. The zero-order valence-electron chi connectivity index (χ0n) is 7.19. The van der Waals surface area contributed by atoms with Gasteiger partial charge in [-0.2, -0.15) is 0 Å². The van der Waals surface area contributed by atoms with Gasteiger partial charge in [0.25, 0.3) is 0 Å². The molecule has 0 aliphatic carbocycles. The van der Waals surface area contributed by atoms with E-state index in [0.29, 0.717) is 4.20 Å². The fourth-order valence-corrected chi connectivity index (χ4v) is 1.16. The maximum atomic E-state index is 9.51. The fraction of sp³-hybridized carbons (Fsp3) is 0.100. The van der Waals surface area contributed by atoms with Crippen LogP contribution >= 0.6 is 24.8 Å². The molecule has 3 heteroatoms. The van der Waals surface area contributed by atoms with Crippen LogP contribution in [0.5, 0.6) is 0 Å². The van der Waals surface area contributed by atoms with Crippen LogP contribution in [-0.2, 0) is 0 Å². The highest BCUT2D eigenvalue weighted by Gasteiger charge is 1.97. The summed E-state index contributed by atoms with van der Waals surface area (Å²) in [4.78, 5) is 0. The molecule has 68 valence electrons. The largest absolute Gasteiger partial charge is 0.507 e. The quantitative estimate of drug-likeness (QED) is 0.338. The van der Waals surface area contributed by atoms with Gasteiger partial charge >= 0.3 is 0 Å². The molecule has 0 saturated heterocycles. The number of thiol groups is 1. The van der Waals surface area contributed by atoms with E-state index in [1.165, 1.54) is 6.08 Å². The van der Waals surface area contributed by atoms with Gasteiger partial charge in [0.05, 0.1) is 4.20 Å². The normalized spacial score (nSPS) is 11.4. The van der Waals surface area contributed by atoms with Crippen LogP contribution in [0.2, 0.25) is 0 Å². The van der Waals surface area contributed by atoms with E-state index in [9.17, 15) is 5.11 Å². The highest BCUT2D eigenvalue weighted by atomic mass is 32.1. The summed E-state index contributed by atoms with van der Waals surface area (Å²) in [7, 11) is 0. The maximum Gasteiger partial charge on any atom is 0.124 e. The van der Waals surface area contributed by atoms with Crippen LogP contribution in [0.15, 0.2) is 30.3 Å². The molecule has 0 bridgehead atoms. The van der Waals surface area contributed by atoms with Crippen molar-refractivity contribution in [2.45, 2.75) is 6.92 Å². The molecule has 0 aliphatic heterocycles. The van der Waals surface area contributed by atoms with Crippen LogP contribution in [-0.4, -0.2) is 9.30 Å². The first-order chi connectivity index (χ1) is 6.09. The van der Waals surface area contributed by atoms with Crippen molar-refractivity contribution < 1.29 is 5.11 Å². The molecule has 1 aromatic rings. The van der Waals surface area contributed by atoms with Gasteiger partial charge < -0.3 is 5.11 Å². The summed E-state index contributed by atoms with van der Waals surface area (Å²) in [6.07, 6.45) is 1.45.